The molecule has 2 aromatic rings. The first-order chi connectivity index (χ1) is 10.4. The number of ether oxygens (including phenoxy) is 2. The molecule has 0 amide bonds. The lowest BCUT2D eigenvalue weighted by molar-refractivity contribution is -0.139. The first-order valence-corrected chi connectivity index (χ1v) is 6.60. The first kappa shape index (κ1) is 16.2. The highest BCUT2D eigenvalue weighted by Crippen LogP contribution is 2.36. The van der Waals surface area contributed by atoms with E-state index in [-0.39, 0.29) is 12.4 Å². The minimum absolute atomic E-state index is 0.0692. The summed E-state index contributed by atoms with van der Waals surface area (Å²) >= 11 is 0. The van der Waals surface area contributed by atoms with E-state index in [2.05, 4.69) is 0 Å². The van der Waals surface area contributed by atoms with Crippen molar-refractivity contribution in [1.82, 2.24) is 0 Å². The van der Waals surface area contributed by atoms with Gasteiger partial charge in [0, 0.05) is 0 Å². The largest absolute Gasteiger partial charge is 0.497 e. The second-order valence-corrected chi connectivity index (χ2v) is 4.69. The highest BCUT2D eigenvalue weighted by molar-refractivity contribution is 5.36. The molecule has 0 aromatic heterocycles. The fraction of sp³-hybridized carbons (Fsp3) is 0.250. The van der Waals surface area contributed by atoms with Crippen molar-refractivity contribution in [2.24, 2.45) is 5.73 Å². The van der Waals surface area contributed by atoms with Crippen molar-refractivity contribution < 1.29 is 22.6 Å². The second-order valence-electron chi connectivity index (χ2n) is 4.69. The number of para-hydroxylation sites is 1. The zero-order valence-corrected chi connectivity index (χ0v) is 11.9. The van der Waals surface area contributed by atoms with Gasteiger partial charge in [-0.3, -0.25) is 0 Å². The molecule has 118 valence electrons. The first-order valence-electron chi connectivity index (χ1n) is 6.60. The normalized spacial score (nSPS) is 12.8. The van der Waals surface area contributed by atoms with Gasteiger partial charge in [-0.15, -0.1) is 0 Å². The molecule has 1 unspecified atom stereocenters. The molecular formula is C16H16F3NO2. The summed E-state index contributed by atoms with van der Waals surface area (Å²) in [5.41, 5.74) is 5.88. The van der Waals surface area contributed by atoms with Gasteiger partial charge in [-0.25, -0.2) is 0 Å². The maximum atomic E-state index is 12.9. The van der Waals surface area contributed by atoms with Crippen LogP contribution in [0.1, 0.15) is 17.2 Å². The van der Waals surface area contributed by atoms with Crippen LogP contribution >= 0.6 is 0 Å². The monoisotopic (exact) mass is 311 g/mol. The molecule has 0 saturated heterocycles. The number of methoxy groups -OCH3 is 1. The van der Waals surface area contributed by atoms with Crippen molar-refractivity contribution in [2.75, 3.05) is 13.7 Å². The smallest absolute Gasteiger partial charge is 0.419 e. The van der Waals surface area contributed by atoms with Crippen LogP contribution in [0.15, 0.2) is 48.5 Å². The summed E-state index contributed by atoms with van der Waals surface area (Å²) in [5, 5.41) is 0. The Balaban J connectivity index is 2.10. The van der Waals surface area contributed by atoms with Crippen molar-refractivity contribution in [3.05, 3.63) is 59.7 Å². The molecule has 2 aromatic carbocycles. The van der Waals surface area contributed by atoms with Crippen molar-refractivity contribution >= 4 is 0 Å². The Bertz CT molecular complexity index is 629. The molecule has 0 aliphatic carbocycles. The van der Waals surface area contributed by atoms with Crippen LogP contribution in [0.3, 0.4) is 0 Å². The Morgan fingerprint density at radius 3 is 2.50 bits per heavy atom. The molecule has 0 saturated carbocycles. The lowest BCUT2D eigenvalue weighted by atomic mass is 10.1. The zero-order valence-electron chi connectivity index (χ0n) is 11.9. The summed E-state index contributed by atoms with van der Waals surface area (Å²) < 4.78 is 49.0. The number of benzene rings is 2. The summed E-state index contributed by atoms with van der Waals surface area (Å²) in [6, 6.07) is 11.5. The van der Waals surface area contributed by atoms with E-state index in [1.807, 2.05) is 0 Å². The molecule has 0 heterocycles. The third-order valence-corrected chi connectivity index (χ3v) is 3.13. The molecule has 1 atom stereocenters. The molecule has 22 heavy (non-hydrogen) atoms. The topological polar surface area (TPSA) is 44.5 Å². The highest BCUT2D eigenvalue weighted by atomic mass is 19.4. The predicted molar refractivity (Wildman–Crippen MR) is 76.9 cm³/mol. The maximum absolute atomic E-state index is 12.9. The van der Waals surface area contributed by atoms with Crippen LogP contribution in [0.5, 0.6) is 11.5 Å². The van der Waals surface area contributed by atoms with Gasteiger partial charge in [-0.05, 0) is 29.8 Å². The zero-order chi connectivity index (χ0) is 16.2. The van der Waals surface area contributed by atoms with E-state index in [0.29, 0.717) is 5.75 Å². The Kier molecular flexibility index (Phi) is 4.92. The minimum atomic E-state index is -4.46. The van der Waals surface area contributed by atoms with Crippen molar-refractivity contribution in [1.29, 1.82) is 0 Å². The average Bonchev–Trinajstić information content (AvgIpc) is 2.52. The number of nitrogens with two attached hydrogens (primary N) is 1. The molecule has 6 heteroatoms. The lowest BCUT2D eigenvalue weighted by Gasteiger charge is -2.17. The maximum Gasteiger partial charge on any atom is 0.419 e. The molecule has 0 spiro atoms. The Labute approximate surface area is 126 Å². The standard InChI is InChI=1S/C16H16F3NO2/c1-21-12-6-4-5-11(9-12)14(20)10-22-15-8-3-2-7-13(15)16(17,18)19/h2-9,14H,10,20H2,1H3. The number of alkyl halides is 3. The van der Waals surface area contributed by atoms with E-state index in [4.69, 9.17) is 15.2 Å². The molecule has 0 bridgehead atoms. The van der Waals surface area contributed by atoms with Crippen molar-refractivity contribution in [3.8, 4) is 11.5 Å². The number of rotatable bonds is 5. The van der Waals surface area contributed by atoms with Crippen molar-refractivity contribution in [3.63, 3.8) is 0 Å². The van der Waals surface area contributed by atoms with Crippen molar-refractivity contribution in [2.45, 2.75) is 12.2 Å². The Morgan fingerprint density at radius 2 is 1.82 bits per heavy atom. The van der Waals surface area contributed by atoms with Crippen LogP contribution in [-0.2, 0) is 6.18 Å². The molecule has 2 N–H and O–H groups in total. The average molecular weight is 311 g/mol. The van der Waals surface area contributed by atoms with Gasteiger partial charge in [-0.1, -0.05) is 24.3 Å². The third-order valence-electron chi connectivity index (χ3n) is 3.13. The van der Waals surface area contributed by atoms with Gasteiger partial charge in [0.25, 0.3) is 0 Å². The SMILES string of the molecule is COc1cccc(C(N)COc2ccccc2C(F)(F)F)c1. The third kappa shape index (κ3) is 3.92. The van der Waals surface area contributed by atoms with Gasteiger partial charge < -0.3 is 15.2 Å². The van der Waals surface area contributed by atoms with E-state index in [1.165, 1.54) is 25.3 Å². The quantitative estimate of drug-likeness (QED) is 0.913. The Morgan fingerprint density at radius 1 is 1.09 bits per heavy atom. The summed E-state index contributed by atoms with van der Waals surface area (Å²) in [4.78, 5) is 0. The van der Waals surface area contributed by atoms with Gasteiger partial charge in [0.05, 0.1) is 18.7 Å². The summed E-state index contributed by atoms with van der Waals surface area (Å²) in [5.74, 6) is 0.400. The van der Waals surface area contributed by atoms with Crippen LogP contribution < -0.4 is 15.2 Å². The summed E-state index contributed by atoms with van der Waals surface area (Å²) in [6.07, 6.45) is -4.46. The number of halogens is 3. The molecule has 0 aliphatic heterocycles. The minimum Gasteiger partial charge on any atom is -0.497 e. The van der Waals surface area contributed by atoms with E-state index < -0.39 is 17.8 Å². The molecule has 0 radical (unpaired) electrons. The number of hydrogen-bond donors (Lipinski definition) is 1. The lowest BCUT2D eigenvalue weighted by Crippen LogP contribution is -2.20. The molecule has 3 nitrogen and oxygen atoms in total. The van der Waals surface area contributed by atoms with Crippen LogP contribution in [0.2, 0.25) is 0 Å². The second kappa shape index (κ2) is 6.70. The van der Waals surface area contributed by atoms with E-state index in [9.17, 15) is 13.2 Å². The highest BCUT2D eigenvalue weighted by Gasteiger charge is 2.34. The summed E-state index contributed by atoms with van der Waals surface area (Å²) in [7, 11) is 1.53. The van der Waals surface area contributed by atoms with Gasteiger partial charge in [0.15, 0.2) is 0 Å². The molecule has 2 rings (SSSR count). The predicted octanol–water partition coefficient (Wildman–Crippen LogP) is 3.79. The fourth-order valence-electron chi connectivity index (χ4n) is 1.97. The van der Waals surface area contributed by atoms with Gasteiger partial charge >= 0.3 is 6.18 Å². The van der Waals surface area contributed by atoms with Crippen LogP contribution in [0.4, 0.5) is 13.2 Å². The molecular weight excluding hydrogens is 295 g/mol. The Hall–Kier alpha value is -2.21. The van der Waals surface area contributed by atoms with E-state index >= 15 is 0 Å². The molecule has 0 aliphatic rings. The van der Waals surface area contributed by atoms with Gasteiger partial charge in [0.2, 0.25) is 0 Å². The number of hydrogen-bond acceptors (Lipinski definition) is 3. The van der Waals surface area contributed by atoms with Crippen LogP contribution in [-0.4, -0.2) is 13.7 Å². The van der Waals surface area contributed by atoms with Crippen LogP contribution in [0, 0.1) is 0 Å². The van der Waals surface area contributed by atoms with Crippen LogP contribution in [0.25, 0.3) is 0 Å². The van der Waals surface area contributed by atoms with Gasteiger partial charge in [-0.2, -0.15) is 13.2 Å². The van der Waals surface area contributed by atoms with E-state index in [0.717, 1.165) is 11.6 Å². The van der Waals surface area contributed by atoms with Gasteiger partial charge in [0.1, 0.15) is 18.1 Å². The summed E-state index contributed by atoms with van der Waals surface area (Å²) in [6.45, 7) is -0.0692. The van der Waals surface area contributed by atoms with E-state index in [1.54, 1.807) is 24.3 Å². The molecule has 0 fully saturated rings. The fourth-order valence-corrected chi connectivity index (χ4v) is 1.97.